The minimum atomic E-state index is 0.785. The lowest BCUT2D eigenvalue weighted by molar-refractivity contribution is 0.306. The lowest BCUT2D eigenvalue weighted by Crippen LogP contribution is -1.98. The minimum absolute atomic E-state index is 0.785. The van der Waals surface area contributed by atoms with E-state index in [1.54, 1.807) is 0 Å². The second-order valence-electron chi connectivity index (χ2n) is 4.01. The zero-order valence-corrected chi connectivity index (χ0v) is 8.83. The molecule has 0 spiro atoms. The van der Waals surface area contributed by atoms with Gasteiger partial charge in [-0.25, -0.2) is 0 Å². The molecular formula is C13H18O. The SMILES string of the molecule is CCCCOc1ccccc1C1CC1. The molecule has 0 aliphatic heterocycles. The van der Waals surface area contributed by atoms with Crippen LogP contribution in [0.3, 0.4) is 0 Å². The van der Waals surface area contributed by atoms with Crippen molar-refractivity contribution < 1.29 is 4.74 Å². The Morgan fingerprint density at radius 2 is 2.07 bits per heavy atom. The minimum Gasteiger partial charge on any atom is -0.493 e. The lowest BCUT2D eigenvalue weighted by atomic mass is 10.1. The summed E-state index contributed by atoms with van der Waals surface area (Å²) in [4.78, 5) is 0. The second-order valence-corrected chi connectivity index (χ2v) is 4.01. The maximum Gasteiger partial charge on any atom is 0.122 e. The maximum atomic E-state index is 5.78. The van der Waals surface area contributed by atoms with Gasteiger partial charge in [0.1, 0.15) is 5.75 Å². The lowest BCUT2D eigenvalue weighted by Gasteiger charge is -2.09. The highest BCUT2D eigenvalue weighted by Gasteiger charge is 2.26. The van der Waals surface area contributed by atoms with E-state index in [-0.39, 0.29) is 0 Å². The van der Waals surface area contributed by atoms with E-state index >= 15 is 0 Å². The van der Waals surface area contributed by atoms with Crippen LogP contribution in [0.1, 0.15) is 44.1 Å². The predicted octanol–water partition coefficient (Wildman–Crippen LogP) is 3.74. The molecule has 1 fully saturated rings. The van der Waals surface area contributed by atoms with Crippen molar-refractivity contribution in [1.82, 2.24) is 0 Å². The summed E-state index contributed by atoms with van der Waals surface area (Å²) in [6.07, 6.45) is 5.03. The second kappa shape index (κ2) is 4.50. The molecule has 0 saturated heterocycles. The molecule has 0 bridgehead atoms. The van der Waals surface area contributed by atoms with Crippen molar-refractivity contribution in [3.05, 3.63) is 29.8 Å². The molecule has 0 atom stereocenters. The van der Waals surface area contributed by atoms with Gasteiger partial charge in [0, 0.05) is 0 Å². The van der Waals surface area contributed by atoms with Gasteiger partial charge in [-0.1, -0.05) is 31.5 Å². The van der Waals surface area contributed by atoms with Crippen molar-refractivity contribution in [1.29, 1.82) is 0 Å². The molecule has 0 radical (unpaired) electrons. The van der Waals surface area contributed by atoms with Gasteiger partial charge in [-0.3, -0.25) is 0 Å². The van der Waals surface area contributed by atoms with Crippen molar-refractivity contribution in [2.75, 3.05) is 6.61 Å². The molecule has 0 aromatic heterocycles. The fourth-order valence-corrected chi connectivity index (χ4v) is 1.67. The molecule has 0 heterocycles. The number of hydrogen-bond donors (Lipinski definition) is 0. The van der Waals surface area contributed by atoms with Crippen molar-refractivity contribution in [2.24, 2.45) is 0 Å². The van der Waals surface area contributed by atoms with E-state index in [2.05, 4.69) is 31.2 Å². The Morgan fingerprint density at radius 3 is 2.79 bits per heavy atom. The Labute approximate surface area is 86.1 Å². The highest BCUT2D eigenvalue weighted by Crippen LogP contribution is 2.44. The Morgan fingerprint density at radius 1 is 1.29 bits per heavy atom. The van der Waals surface area contributed by atoms with Crippen LogP contribution in [0.25, 0.3) is 0 Å². The molecule has 0 N–H and O–H groups in total. The van der Waals surface area contributed by atoms with Gasteiger partial charge in [0.2, 0.25) is 0 Å². The summed E-state index contributed by atoms with van der Waals surface area (Å²) in [7, 11) is 0. The number of para-hydroxylation sites is 1. The Hall–Kier alpha value is -0.980. The Kier molecular flexibility index (Phi) is 3.07. The van der Waals surface area contributed by atoms with E-state index in [0.717, 1.165) is 24.7 Å². The summed E-state index contributed by atoms with van der Waals surface area (Å²) >= 11 is 0. The normalized spacial score (nSPS) is 15.5. The van der Waals surface area contributed by atoms with Crippen LogP contribution in [0.5, 0.6) is 5.75 Å². The molecule has 14 heavy (non-hydrogen) atoms. The molecular weight excluding hydrogens is 172 g/mol. The van der Waals surface area contributed by atoms with Crippen LogP contribution in [0.15, 0.2) is 24.3 Å². The Bertz CT molecular complexity index is 289. The largest absolute Gasteiger partial charge is 0.493 e. The molecule has 0 amide bonds. The predicted molar refractivity (Wildman–Crippen MR) is 58.8 cm³/mol. The number of ether oxygens (including phenoxy) is 1. The van der Waals surface area contributed by atoms with Gasteiger partial charge < -0.3 is 4.74 Å². The van der Waals surface area contributed by atoms with Crippen LogP contribution >= 0.6 is 0 Å². The number of unbranched alkanes of at least 4 members (excludes halogenated alkanes) is 1. The zero-order chi connectivity index (χ0) is 9.80. The first-order chi connectivity index (χ1) is 6.92. The van der Waals surface area contributed by atoms with E-state index < -0.39 is 0 Å². The van der Waals surface area contributed by atoms with Crippen molar-refractivity contribution in [3.8, 4) is 5.75 Å². The first-order valence-corrected chi connectivity index (χ1v) is 5.63. The molecule has 1 saturated carbocycles. The fraction of sp³-hybridized carbons (Fsp3) is 0.538. The number of benzene rings is 1. The van der Waals surface area contributed by atoms with Crippen molar-refractivity contribution >= 4 is 0 Å². The molecule has 2 rings (SSSR count). The third kappa shape index (κ3) is 2.28. The summed E-state index contributed by atoms with van der Waals surface area (Å²) in [5.74, 6) is 1.90. The average molecular weight is 190 g/mol. The van der Waals surface area contributed by atoms with E-state index in [1.807, 2.05) is 0 Å². The topological polar surface area (TPSA) is 9.23 Å². The number of rotatable bonds is 5. The third-order valence-electron chi connectivity index (χ3n) is 2.69. The van der Waals surface area contributed by atoms with Gasteiger partial charge in [0.05, 0.1) is 6.61 Å². The van der Waals surface area contributed by atoms with Gasteiger partial charge in [-0.05, 0) is 36.8 Å². The molecule has 0 unspecified atom stereocenters. The van der Waals surface area contributed by atoms with Crippen molar-refractivity contribution in [3.63, 3.8) is 0 Å². The first-order valence-electron chi connectivity index (χ1n) is 5.63. The quantitative estimate of drug-likeness (QED) is 0.643. The molecule has 1 heteroatoms. The van der Waals surface area contributed by atoms with Gasteiger partial charge >= 0.3 is 0 Å². The molecule has 76 valence electrons. The maximum absolute atomic E-state index is 5.78. The van der Waals surface area contributed by atoms with Crippen LogP contribution in [-0.4, -0.2) is 6.61 Å². The zero-order valence-electron chi connectivity index (χ0n) is 8.83. The van der Waals surface area contributed by atoms with Crippen LogP contribution in [0.2, 0.25) is 0 Å². The highest BCUT2D eigenvalue weighted by molar-refractivity contribution is 5.38. The summed E-state index contributed by atoms with van der Waals surface area (Å²) in [5, 5.41) is 0. The van der Waals surface area contributed by atoms with Gasteiger partial charge in [0.25, 0.3) is 0 Å². The first kappa shape index (κ1) is 9.57. The molecule has 1 aromatic carbocycles. The van der Waals surface area contributed by atoms with Crippen LogP contribution < -0.4 is 4.74 Å². The average Bonchev–Trinajstić information content (AvgIpc) is 3.03. The Balaban J connectivity index is 2.00. The summed E-state index contributed by atoms with van der Waals surface area (Å²) in [5.41, 5.74) is 1.42. The molecule has 1 aliphatic rings. The number of hydrogen-bond acceptors (Lipinski definition) is 1. The summed E-state index contributed by atoms with van der Waals surface area (Å²) in [6, 6.07) is 8.48. The van der Waals surface area contributed by atoms with E-state index in [0.29, 0.717) is 0 Å². The molecule has 1 nitrogen and oxygen atoms in total. The molecule has 1 aromatic rings. The van der Waals surface area contributed by atoms with Gasteiger partial charge in [-0.15, -0.1) is 0 Å². The van der Waals surface area contributed by atoms with E-state index in [4.69, 9.17) is 4.74 Å². The summed E-state index contributed by atoms with van der Waals surface area (Å²) < 4.78 is 5.78. The molecule has 1 aliphatic carbocycles. The summed E-state index contributed by atoms with van der Waals surface area (Å²) in [6.45, 7) is 3.05. The van der Waals surface area contributed by atoms with E-state index in [9.17, 15) is 0 Å². The fourth-order valence-electron chi connectivity index (χ4n) is 1.67. The standard InChI is InChI=1S/C13H18O/c1-2-3-10-14-13-7-5-4-6-12(13)11-8-9-11/h4-7,11H,2-3,8-10H2,1H3. The van der Waals surface area contributed by atoms with Crippen molar-refractivity contribution in [2.45, 2.75) is 38.5 Å². The highest BCUT2D eigenvalue weighted by atomic mass is 16.5. The van der Waals surface area contributed by atoms with Crippen LogP contribution in [-0.2, 0) is 0 Å². The van der Waals surface area contributed by atoms with Crippen LogP contribution in [0, 0.1) is 0 Å². The van der Waals surface area contributed by atoms with Crippen LogP contribution in [0.4, 0.5) is 0 Å². The smallest absolute Gasteiger partial charge is 0.122 e. The van der Waals surface area contributed by atoms with Gasteiger partial charge in [-0.2, -0.15) is 0 Å². The van der Waals surface area contributed by atoms with E-state index in [1.165, 1.54) is 24.8 Å². The monoisotopic (exact) mass is 190 g/mol. The van der Waals surface area contributed by atoms with Gasteiger partial charge in [0.15, 0.2) is 0 Å². The third-order valence-corrected chi connectivity index (χ3v) is 2.69.